The summed E-state index contributed by atoms with van der Waals surface area (Å²) < 4.78 is 12.2. The van der Waals surface area contributed by atoms with Crippen LogP contribution in [-0.4, -0.2) is 34.6 Å². The van der Waals surface area contributed by atoms with Crippen molar-refractivity contribution in [2.24, 2.45) is 0 Å². The standard InChI is InChI=1S/C21H23N3O4/c1-14(2)28-20(25)13-24-18-10-5-4-9-17(18)23-19(24)12-22-21(26)15-7-6-8-16(11-15)27-3/h4-11,14H,12-13H2,1-3H3,(H,22,26). The summed E-state index contributed by atoms with van der Waals surface area (Å²) in [5.74, 6) is 0.593. The average molecular weight is 381 g/mol. The molecule has 1 aromatic heterocycles. The maximum Gasteiger partial charge on any atom is 0.326 e. The number of methoxy groups -OCH3 is 1. The second kappa shape index (κ2) is 8.56. The Balaban J connectivity index is 1.80. The lowest BCUT2D eigenvalue weighted by atomic mass is 10.2. The monoisotopic (exact) mass is 381 g/mol. The molecule has 7 nitrogen and oxygen atoms in total. The molecule has 28 heavy (non-hydrogen) atoms. The Hall–Kier alpha value is -3.35. The fraction of sp³-hybridized carbons (Fsp3) is 0.286. The lowest BCUT2D eigenvalue weighted by Crippen LogP contribution is -2.26. The molecule has 3 aromatic rings. The normalized spacial score (nSPS) is 10.9. The van der Waals surface area contributed by atoms with Gasteiger partial charge in [0.15, 0.2) is 0 Å². The molecule has 0 saturated carbocycles. The van der Waals surface area contributed by atoms with Crippen LogP contribution in [0.15, 0.2) is 48.5 Å². The molecule has 0 saturated heterocycles. The summed E-state index contributed by atoms with van der Waals surface area (Å²) in [5.41, 5.74) is 2.06. The van der Waals surface area contributed by atoms with Gasteiger partial charge in [-0.25, -0.2) is 4.98 Å². The Morgan fingerprint density at radius 3 is 2.68 bits per heavy atom. The molecule has 2 aromatic carbocycles. The third-order valence-electron chi connectivity index (χ3n) is 4.13. The van der Waals surface area contributed by atoms with E-state index in [1.54, 1.807) is 49.8 Å². The van der Waals surface area contributed by atoms with E-state index in [0.29, 0.717) is 17.1 Å². The van der Waals surface area contributed by atoms with Gasteiger partial charge in [-0.05, 0) is 44.2 Å². The van der Waals surface area contributed by atoms with E-state index in [1.165, 1.54) is 0 Å². The van der Waals surface area contributed by atoms with E-state index in [2.05, 4.69) is 10.3 Å². The van der Waals surface area contributed by atoms with Crippen molar-refractivity contribution < 1.29 is 19.1 Å². The molecule has 0 aliphatic heterocycles. The highest BCUT2D eigenvalue weighted by Gasteiger charge is 2.16. The Bertz CT molecular complexity index is 994. The van der Waals surface area contributed by atoms with Crippen LogP contribution in [0.5, 0.6) is 5.75 Å². The summed E-state index contributed by atoms with van der Waals surface area (Å²) in [4.78, 5) is 29.2. The number of carbonyl (C=O) groups excluding carboxylic acids is 2. The van der Waals surface area contributed by atoms with E-state index < -0.39 is 0 Å². The van der Waals surface area contributed by atoms with Crippen LogP contribution in [0.1, 0.15) is 30.0 Å². The number of nitrogens with one attached hydrogen (secondary N) is 1. The number of ether oxygens (including phenoxy) is 2. The zero-order chi connectivity index (χ0) is 20.1. The average Bonchev–Trinajstić information content (AvgIpc) is 3.03. The number of esters is 1. The van der Waals surface area contributed by atoms with Crippen LogP contribution in [-0.2, 0) is 22.6 Å². The number of rotatable bonds is 7. The molecule has 0 fully saturated rings. The van der Waals surface area contributed by atoms with Crippen molar-refractivity contribution in [1.82, 2.24) is 14.9 Å². The minimum absolute atomic E-state index is 0.0308. The van der Waals surface area contributed by atoms with Crippen molar-refractivity contribution in [3.05, 3.63) is 59.9 Å². The van der Waals surface area contributed by atoms with Gasteiger partial charge in [-0.1, -0.05) is 18.2 Å². The maximum absolute atomic E-state index is 12.5. The van der Waals surface area contributed by atoms with Gasteiger partial charge in [-0.2, -0.15) is 0 Å². The molecular formula is C21H23N3O4. The van der Waals surface area contributed by atoms with Gasteiger partial charge in [0.25, 0.3) is 5.91 Å². The summed E-state index contributed by atoms with van der Waals surface area (Å²) in [6.07, 6.45) is -0.196. The van der Waals surface area contributed by atoms with Gasteiger partial charge in [-0.3, -0.25) is 9.59 Å². The highest BCUT2D eigenvalue weighted by atomic mass is 16.5. The van der Waals surface area contributed by atoms with E-state index in [0.717, 1.165) is 11.0 Å². The first-order chi connectivity index (χ1) is 13.5. The molecule has 0 atom stereocenters. The number of carbonyl (C=O) groups is 2. The molecule has 0 unspecified atom stereocenters. The van der Waals surface area contributed by atoms with Crippen molar-refractivity contribution >= 4 is 22.9 Å². The SMILES string of the molecule is COc1cccc(C(=O)NCc2nc3ccccc3n2CC(=O)OC(C)C)c1. The van der Waals surface area contributed by atoms with Gasteiger partial charge in [0.1, 0.15) is 18.1 Å². The van der Waals surface area contributed by atoms with E-state index in [4.69, 9.17) is 9.47 Å². The molecule has 146 valence electrons. The number of imidazole rings is 1. The molecule has 0 bridgehead atoms. The molecule has 3 rings (SSSR count). The Morgan fingerprint density at radius 2 is 1.93 bits per heavy atom. The first-order valence-corrected chi connectivity index (χ1v) is 9.04. The summed E-state index contributed by atoms with van der Waals surface area (Å²) in [5, 5.41) is 2.85. The van der Waals surface area contributed by atoms with Crippen LogP contribution in [0.4, 0.5) is 0 Å². The Morgan fingerprint density at radius 1 is 1.14 bits per heavy atom. The molecule has 1 amide bonds. The largest absolute Gasteiger partial charge is 0.497 e. The van der Waals surface area contributed by atoms with Crippen molar-refractivity contribution in [3.8, 4) is 5.75 Å². The zero-order valence-electron chi connectivity index (χ0n) is 16.1. The van der Waals surface area contributed by atoms with Crippen molar-refractivity contribution in [2.75, 3.05) is 7.11 Å². The van der Waals surface area contributed by atoms with E-state index in [1.807, 2.05) is 24.3 Å². The van der Waals surface area contributed by atoms with E-state index >= 15 is 0 Å². The highest BCUT2D eigenvalue weighted by Crippen LogP contribution is 2.17. The smallest absolute Gasteiger partial charge is 0.326 e. The minimum Gasteiger partial charge on any atom is -0.497 e. The quantitative estimate of drug-likeness (QED) is 0.637. The lowest BCUT2D eigenvalue weighted by Gasteiger charge is -2.12. The fourth-order valence-corrected chi connectivity index (χ4v) is 2.89. The molecule has 0 aliphatic carbocycles. The predicted octanol–water partition coefficient (Wildman–Crippen LogP) is 2.93. The van der Waals surface area contributed by atoms with Crippen LogP contribution in [0.3, 0.4) is 0 Å². The molecule has 1 N–H and O–H groups in total. The molecule has 1 heterocycles. The van der Waals surface area contributed by atoms with E-state index in [9.17, 15) is 9.59 Å². The van der Waals surface area contributed by atoms with Gasteiger partial charge < -0.3 is 19.4 Å². The maximum atomic E-state index is 12.5. The lowest BCUT2D eigenvalue weighted by molar-refractivity contribution is -0.148. The van der Waals surface area contributed by atoms with E-state index in [-0.39, 0.29) is 31.1 Å². The van der Waals surface area contributed by atoms with Crippen LogP contribution in [0.2, 0.25) is 0 Å². The Kier molecular flexibility index (Phi) is 5.93. The first-order valence-electron chi connectivity index (χ1n) is 9.04. The van der Waals surface area contributed by atoms with Gasteiger partial charge in [0, 0.05) is 5.56 Å². The van der Waals surface area contributed by atoms with Crippen LogP contribution < -0.4 is 10.1 Å². The second-order valence-electron chi connectivity index (χ2n) is 6.56. The van der Waals surface area contributed by atoms with Crippen LogP contribution in [0.25, 0.3) is 11.0 Å². The predicted molar refractivity (Wildman–Crippen MR) is 105 cm³/mol. The number of hydrogen-bond donors (Lipinski definition) is 1. The summed E-state index contributed by atoms with van der Waals surface area (Å²) in [7, 11) is 1.55. The van der Waals surface area contributed by atoms with Gasteiger partial charge >= 0.3 is 5.97 Å². The van der Waals surface area contributed by atoms with Gasteiger partial charge in [0.05, 0.1) is 30.8 Å². The van der Waals surface area contributed by atoms with Crippen molar-refractivity contribution in [2.45, 2.75) is 33.0 Å². The third kappa shape index (κ3) is 4.49. The molecule has 0 aliphatic rings. The summed E-state index contributed by atoms with van der Waals surface area (Å²) >= 11 is 0. The molecular weight excluding hydrogens is 358 g/mol. The Labute approximate surface area is 163 Å². The fourth-order valence-electron chi connectivity index (χ4n) is 2.89. The number of fused-ring (bicyclic) bond motifs is 1. The first kappa shape index (κ1) is 19.4. The minimum atomic E-state index is -0.349. The van der Waals surface area contributed by atoms with Crippen LogP contribution >= 0.6 is 0 Å². The van der Waals surface area contributed by atoms with Gasteiger partial charge in [-0.15, -0.1) is 0 Å². The third-order valence-corrected chi connectivity index (χ3v) is 4.13. The number of hydrogen-bond acceptors (Lipinski definition) is 5. The highest BCUT2D eigenvalue weighted by molar-refractivity contribution is 5.94. The molecule has 7 heteroatoms. The van der Waals surface area contributed by atoms with Crippen LogP contribution in [0, 0.1) is 0 Å². The van der Waals surface area contributed by atoms with Gasteiger partial charge in [0.2, 0.25) is 0 Å². The summed E-state index contributed by atoms with van der Waals surface area (Å²) in [6.45, 7) is 3.82. The molecule has 0 spiro atoms. The molecule has 0 radical (unpaired) electrons. The zero-order valence-corrected chi connectivity index (χ0v) is 16.1. The second-order valence-corrected chi connectivity index (χ2v) is 6.56. The number of nitrogens with zero attached hydrogens (tertiary/aromatic N) is 2. The number of para-hydroxylation sites is 2. The van der Waals surface area contributed by atoms with Crippen molar-refractivity contribution in [1.29, 1.82) is 0 Å². The number of benzene rings is 2. The summed E-state index contributed by atoms with van der Waals surface area (Å²) in [6, 6.07) is 14.4. The topological polar surface area (TPSA) is 82.5 Å². The number of amides is 1. The van der Waals surface area contributed by atoms with Crippen molar-refractivity contribution in [3.63, 3.8) is 0 Å². The number of aromatic nitrogens is 2.